The predicted octanol–water partition coefficient (Wildman–Crippen LogP) is 1.74. The van der Waals surface area contributed by atoms with Crippen molar-refractivity contribution in [3.8, 4) is 0 Å². The molecule has 0 radical (unpaired) electrons. The molecule has 1 aliphatic carbocycles. The zero-order chi connectivity index (χ0) is 13.7. The molecule has 0 unspecified atom stereocenters. The molecular formula is C14H24N4O. The molecule has 1 fully saturated rings. The zero-order valence-corrected chi connectivity index (χ0v) is 12.0. The van der Waals surface area contributed by atoms with Crippen LogP contribution < -0.4 is 4.90 Å². The molecule has 106 valence electrons. The Labute approximate surface area is 115 Å². The Balaban J connectivity index is 2.25. The molecule has 1 aromatic rings. The second-order valence-corrected chi connectivity index (χ2v) is 5.07. The van der Waals surface area contributed by atoms with Gasteiger partial charge in [-0.2, -0.15) is 5.10 Å². The quantitative estimate of drug-likeness (QED) is 0.848. The minimum Gasteiger partial charge on any atom is -0.395 e. The van der Waals surface area contributed by atoms with Crippen LogP contribution in [0.5, 0.6) is 0 Å². The Morgan fingerprint density at radius 1 is 1.11 bits per heavy atom. The van der Waals surface area contributed by atoms with Crippen molar-refractivity contribution in [2.24, 2.45) is 0 Å². The summed E-state index contributed by atoms with van der Waals surface area (Å²) in [6, 6.07) is 0.464. The van der Waals surface area contributed by atoms with Crippen LogP contribution in [0.2, 0.25) is 0 Å². The number of aromatic nitrogens is 3. The maximum Gasteiger partial charge on any atom is 0.245 e. The van der Waals surface area contributed by atoms with E-state index in [-0.39, 0.29) is 6.61 Å². The Morgan fingerprint density at radius 3 is 2.37 bits per heavy atom. The summed E-state index contributed by atoms with van der Waals surface area (Å²) in [7, 11) is 0. The van der Waals surface area contributed by atoms with E-state index in [4.69, 9.17) is 0 Å². The van der Waals surface area contributed by atoms with Crippen LogP contribution in [0.15, 0.2) is 0 Å². The third-order valence-electron chi connectivity index (χ3n) is 3.86. The van der Waals surface area contributed by atoms with E-state index in [1.54, 1.807) is 0 Å². The Bertz CT molecular complexity index is 404. The van der Waals surface area contributed by atoms with Crippen molar-refractivity contribution in [1.82, 2.24) is 15.2 Å². The van der Waals surface area contributed by atoms with Gasteiger partial charge in [-0.3, -0.25) is 0 Å². The molecule has 1 saturated carbocycles. The van der Waals surface area contributed by atoms with Crippen LogP contribution in [0, 0.1) is 0 Å². The van der Waals surface area contributed by atoms with Gasteiger partial charge in [-0.25, -0.2) is 4.98 Å². The van der Waals surface area contributed by atoms with Gasteiger partial charge in [-0.05, 0) is 25.7 Å². The smallest absolute Gasteiger partial charge is 0.245 e. The molecule has 1 N–H and O–H groups in total. The summed E-state index contributed by atoms with van der Waals surface area (Å²) in [5.41, 5.74) is 2.02. The van der Waals surface area contributed by atoms with Crippen molar-refractivity contribution in [1.29, 1.82) is 0 Å². The monoisotopic (exact) mass is 264 g/mol. The SMILES string of the molecule is CCc1nnc(N(CCO)C2CCCC2)nc1CC. The second-order valence-electron chi connectivity index (χ2n) is 5.07. The van der Waals surface area contributed by atoms with Gasteiger partial charge in [0.25, 0.3) is 0 Å². The van der Waals surface area contributed by atoms with Gasteiger partial charge in [0.1, 0.15) is 0 Å². The lowest BCUT2D eigenvalue weighted by Crippen LogP contribution is -2.37. The van der Waals surface area contributed by atoms with E-state index in [9.17, 15) is 5.11 Å². The number of aliphatic hydroxyl groups is 1. The average Bonchev–Trinajstić information content (AvgIpc) is 2.98. The van der Waals surface area contributed by atoms with Crippen molar-refractivity contribution >= 4 is 5.95 Å². The molecule has 1 aliphatic rings. The van der Waals surface area contributed by atoms with Crippen molar-refractivity contribution in [3.05, 3.63) is 11.4 Å². The van der Waals surface area contributed by atoms with Gasteiger partial charge in [0.15, 0.2) is 0 Å². The van der Waals surface area contributed by atoms with Crippen LogP contribution in [-0.2, 0) is 12.8 Å². The van der Waals surface area contributed by atoms with E-state index in [0.717, 1.165) is 24.2 Å². The second kappa shape index (κ2) is 6.80. The van der Waals surface area contributed by atoms with Crippen molar-refractivity contribution < 1.29 is 5.11 Å². The summed E-state index contributed by atoms with van der Waals surface area (Å²) in [5, 5.41) is 17.9. The number of rotatable bonds is 6. The molecule has 1 aromatic heterocycles. The molecule has 0 spiro atoms. The van der Waals surface area contributed by atoms with E-state index in [1.165, 1.54) is 25.7 Å². The van der Waals surface area contributed by atoms with Crippen molar-refractivity contribution in [2.45, 2.75) is 58.4 Å². The molecule has 0 bridgehead atoms. The Morgan fingerprint density at radius 2 is 1.79 bits per heavy atom. The first-order valence-electron chi connectivity index (χ1n) is 7.40. The molecule has 2 rings (SSSR count). The fourth-order valence-corrected chi connectivity index (χ4v) is 2.82. The van der Waals surface area contributed by atoms with E-state index in [1.807, 2.05) is 0 Å². The van der Waals surface area contributed by atoms with Crippen LogP contribution >= 0.6 is 0 Å². The molecule has 0 saturated heterocycles. The maximum atomic E-state index is 9.27. The molecule has 1 heterocycles. The zero-order valence-electron chi connectivity index (χ0n) is 12.0. The number of nitrogens with zero attached hydrogens (tertiary/aromatic N) is 4. The van der Waals surface area contributed by atoms with Crippen LogP contribution in [0.3, 0.4) is 0 Å². The van der Waals surface area contributed by atoms with E-state index in [0.29, 0.717) is 18.5 Å². The summed E-state index contributed by atoms with van der Waals surface area (Å²) in [5.74, 6) is 0.690. The van der Waals surface area contributed by atoms with Gasteiger partial charge >= 0.3 is 0 Å². The first-order chi connectivity index (χ1) is 9.30. The van der Waals surface area contributed by atoms with Gasteiger partial charge in [-0.15, -0.1) is 5.10 Å². The largest absolute Gasteiger partial charge is 0.395 e. The molecule has 5 heteroatoms. The summed E-state index contributed by atoms with van der Waals surface area (Å²) in [6.45, 7) is 4.91. The lowest BCUT2D eigenvalue weighted by Gasteiger charge is -2.28. The number of anilines is 1. The third kappa shape index (κ3) is 3.21. The van der Waals surface area contributed by atoms with Gasteiger partial charge in [0.05, 0.1) is 18.0 Å². The van der Waals surface area contributed by atoms with Gasteiger partial charge in [0.2, 0.25) is 5.95 Å². The van der Waals surface area contributed by atoms with Gasteiger partial charge in [0, 0.05) is 12.6 Å². The van der Waals surface area contributed by atoms with Crippen LogP contribution in [0.1, 0.15) is 50.9 Å². The summed E-state index contributed by atoms with van der Waals surface area (Å²) < 4.78 is 0. The van der Waals surface area contributed by atoms with E-state index in [2.05, 4.69) is 33.9 Å². The molecule has 0 amide bonds. The van der Waals surface area contributed by atoms with Gasteiger partial charge < -0.3 is 10.0 Å². The maximum absolute atomic E-state index is 9.27. The average molecular weight is 264 g/mol. The predicted molar refractivity (Wildman–Crippen MR) is 75.3 cm³/mol. The van der Waals surface area contributed by atoms with Gasteiger partial charge in [-0.1, -0.05) is 26.7 Å². The molecule has 5 nitrogen and oxygen atoms in total. The lowest BCUT2D eigenvalue weighted by molar-refractivity contribution is 0.296. The van der Waals surface area contributed by atoms with Crippen molar-refractivity contribution in [2.75, 3.05) is 18.1 Å². The molecular weight excluding hydrogens is 240 g/mol. The fraction of sp³-hybridized carbons (Fsp3) is 0.786. The molecule has 0 aromatic carbocycles. The van der Waals surface area contributed by atoms with E-state index < -0.39 is 0 Å². The first kappa shape index (κ1) is 14.2. The molecule has 0 aliphatic heterocycles. The topological polar surface area (TPSA) is 62.1 Å². The minimum absolute atomic E-state index is 0.136. The van der Waals surface area contributed by atoms with Crippen LogP contribution in [0.25, 0.3) is 0 Å². The highest BCUT2D eigenvalue weighted by Crippen LogP contribution is 2.26. The van der Waals surface area contributed by atoms with Crippen LogP contribution in [-0.4, -0.2) is 39.5 Å². The summed E-state index contributed by atoms with van der Waals surface area (Å²) in [6.07, 6.45) is 6.60. The summed E-state index contributed by atoms with van der Waals surface area (Å²) in [4.78, 5) is 6.80. The third-order valence-corrected chi connectivity index (χ3v) is 3.86. The highest BCUT2D eigenvalue weighted by atomic mass is 16.3. The number of aliphatic hydroxyl groups excluding tert-OH is 1. The fourth-order valence-electron chi connectivity index (χ4n) is 2.82. The standard InChI is InChI=1S/C14H24N4O/c1-3-12-13(4-2)16-17-14(15-12)18(9-10-19)11-7-5-6-8-11/h11,19H,3-10H2,1-2H3. The lowest BCUT2D eigenvalue weighted by atomic mass is 10.2. The normalized spacial score (nSPS) is 15.9. The molecule has 0 atom stereocenters. The Kier molecular flexibility index (Phi) is 5.07. The highest BCUT2D eigenvalue weighted by Gasteiger charge is 2.25. The number of aryl methyl sites for hydroxylation is 2. The number of hydrogen-bond donors (Lipinski definition) is 1. The van der Waals surface area contributed by atoms with Crippen LogP contribution in [0.4, 0.5) is 5.95 Å². The van der Waals surface area contributed by atoms with E-state index >= 15 is 0 Å². The summed E-state index contributed by atoms with van der Waals surface area (Å²) >= 11 is 0. The van der Waals surface area contributed by atoms with Crippen molar-refractivity contribution in [3.63, 3.8) is 0 Å². The number of hydrogen-bond acceptors (Lipinski definition) is 5. The first-order valence-corrected chi connectivity index (χ1v) is 7.40. The molecule has 19 heavy (non-hydrogen) atoms. The minimum atomic E-state index is 0.136. The Hall–Kier alpha value is -1.23. The highest BCUT2D eigenvalue weighted by molar-refractivity contribution is 5.32.